The second-order valence-corrected chi connectivity index (χ2v) is 7.91. The number of benzene rings is 2. The van der Waals surface area contributed by atoms with Crippen molar-refractivity contribution in [1.29, 1.82) is 0 Å². The Morgan fingerprint density at radius 3 is 2.37 bits per heavy atom. The third-order valence-corrected chi connectivity index (χ3v) is 5.63. The van der Waals surface area contributed by atoms with Gasteiger partial charge in [-0.1, -0.05) is 36.4 Å². The van der Waals surface area contributed by atoms with Crippen molar-refractivity contribution < 1.29 is 14.4 Å². The van der Waals surface area contributed by atoms with E-state index in [9.17, 15) is 14.4 Å². The number of hydrogen-bond donors (Lipinski definition) is 2. The molecule has 2 aromatic rings. The Morgan fingerprint density at radius 1 is 1.00 bits per heavy atom. The summed E-state index contributed by atoms with van der Waals surface area (Å²) in [7, 11) is 0. The highest BCUT2D eigenvalue weighted by atomic mass is 16.2. The topological polar surface area (TPSA) is 78.5 Å². The van der Waals surface area contributed by atoms with Gasteiger partial charge in [0.2, 0.25) is 5.91 Å². The molecular formula is C24H29N3O3. The fraction of sp³-hybridized carbons (Fsp3) is 0.375. The van der Waals surface area contributed by atoms with Gasteiger partial charge < -0.3 is 10.6 Å². The van der Waals surface area contributed by atoms with Crippen LogP contribution in [0.3, 0.4) is 0 Å². The van der Waals surface area contributed by atoms with Crippen molar-refractivity contribution in [2.45, 2.75) is 33.1 Å². The van der Waals surface area contributed by atoms with Gasteiger partial charge in [-0.3, -0.25) is 19.3 Å². The van der Waals surface area contributed by atoms with Crippen LogP contribution in [-0.4, -0.2) is 42.3 Å². The van der Waals surface area contributed by atoms with Crippen LogP contribution in [0.1, 0.15) is 41.3 Å². The molecule has 0 spiro atoms. The van der Waals surface area contributed by atoms with Gasteiger partial charge in [-0.25, -0.2) is 0 Å². The number of carbonyl (C=O) groups is 3. The zero-order valence-corrected chi connectivity index (χ0v) is 17.6. The van der Waals surface area contributed by atoms with Crippen molar-refractivity contribution in [2.75, 3.05) is 25.1 Å². The van der Waals surface area contributed by atoms with Crippen molar-refractivity contribution in [3.63, 3.8) is 0 Å². The first-order valence-electron chi connectivity index (χ1n) is 10.4. The molecule has 158 valence electrons. The molecule has 1 saturated heterocycles. The number of amides is 2. The minimum atomic E-state index is -0.658. The third kappa shape index (κ3) is 5.76. The number of rotatable bonds is 7. The highest BCUT2D eigenvalue weighted by Gasteiger charge is 2.23. The van der Waals surface area contributed by atoms with Gasteiger partial charge in [0.1, 0.15) is 0 Å². The van der Waals surface area contributed by atoms with E-state index in [0.29, 0.717) is 18.3 Å². The van der Waals surface area contributed by atoms with Crippen molar-refractivity contribution >= 4 is 23.3 Å². The van der Waals surface area contributed by atoms with Crippen molar-refractivity contribution in [3.8, 4) is 0 Å². The highest BCUT2D eigenvalue weighted by molar-refractivity contribution is 6.44. The minimum absolute atomic E-state index is 0.196. The van der Waals surface area contributed by atoms with E-state index in [1.165, 1.54) is 18.1 Å². The van der Waals surface area contributed by atoms with E-state index in [1.54, 1.807) is 24.3 Å². The van der Waals surface area contributed by atoms with Crippen LogP contribution in [0.5, 0.6) is 0 Å². The smallest absolute Gasteiger partial charge is 0.293 e. The maximum Gasteiger partial charge on any atom is 0.293 e. The summed E-state index contributed by atoms with van der Waals surface area (Å²) in [6.45, 7) is 5.66. The lowest BCUT2D eigenvalue weighted by molar-refractivity contribution is -0.118. The molecule has 3 rings (SSSR count). The van der Waals surface area contributed by atoms with E-state index < -0.39 is 11.7 Å². The van der Waals surface area contributed by atoms with E-state index in [0.717, 1.165) is 32.4 Å². The highest BCUT2D eigenvalue weighted by Crippen LogP contribution is 2.23. The Bertz CT molecular complexity index is 917. The van der Waals surface area contributed by atoms with Gasteiger partial charge in [0.05, 0.1) is 17.9 Å². The predicted octanol–water partition coefficient (Wildman–Crippen LogP) is 3.16. The van der Waals surface area contributed by atoms with Crippen LogP contribution in [-0.2, 0) is 16.0 Å². The average molecular weight is 408 g/mol. The molecule has 6 nitrogen and oxygen atoms in total. The van der Waals surface area contributed by atoms with Crippen molar-refractivity contribution in [2.24, 2.45) is 5.92 Å². The van der Waals surface area contributed by atoms with E-state index in [1.807, 2.05) is 0 Å². The van der Waals surface area contributed by atoms with Crippen LogP contribution >= 0.6 is 0 Å². The molecule has 6 heteroatoms. The number of para-hydroxylation sites is 1. The normalized spacial score (nSPS) is 14.9. The molecule has 2 aromatic carbocycles. The minimum Gasteiger partial charge on any atom is -0.336 e. The van der Waals surface area contributed by atoms with Gasteiger partial charge in [0.25, 0.3) is 11.7 Å². The van der Waals surface area contributed by atoms with Crippen LogP contribution in [0.4, 0.5) is 5.69 Å². The quantitative estimate of drug-likeness (QED) is 0.546. The molecule has 0 radical (unpaired) electrons. The first-order valence-corrected chi connectivity index (χ1v) is 10.4. The molecular weight excluding hydrogens is 378 g/mol. The Morgan fingerprint density at radius 2 is 1.67 bits per heavy atom. The summed E-state index contributed by atoms with van der Waals surface area (Å²) >= 11 is 0. The van der Waals surface area contributed by atoms with Gasteiger partial charge in [0, 0.05) is 20.0 Å². The van der Waals surface area contributed by atoms with Gasteiger partial charge in [-0.15, -0.1) is 0 Å². The summed E-state index contributed by atoms with van der Waals surface area (Å²) in [6, 6.07) is 15.1. The van der Waals surface area contributed by atoms with Crippen LogP contribution < -0.4 is 10.6 Å². The molecule has 0 unspecified atom stereocenters. The van der Waals surface area contributed by atoms with Gasteiger partial charge in [0.15, 0.2) is 0 Å². The Labute approximate surface area is 177 Å². The lowest BCUT2D eigenvalue weighted by atomic mass is 9.89. The third-order valence-electron chi connectivity index (χ3n) is 5.63. The SMILES string of the molecule is CC(=O)Nc1ccccc1C(=O)C(=O)NCN1CCC(Cc2ccccc2C)CC1. The molecule has 0 atom stereocenters. The Balaban J connectivity index is 1.47. The second kappa shape index (κ2) is 10.2. The van der Waals surface area contributed by atoms with E-state index in [-0.39, 0.29) is 11.5 Å². The molecule has 1 aliphatic heterocycles. The number of nitrogens with one attached hydrogen (secondary N) is 2. The fourth-order valence-corrected chi connectivity index (χ4v) is 3.86. The van der Waals surface area contributed by atoms with Crippen molar-refractivity contribution in [3.05, 3.63) is 65.2 Å². The number of aryl methyl sites for hydroxylation is 1. The lowest BCUT2D eigenvalue weighted by Gasteiger charge is -2.32. The lowest BCUT2D eigenvalue weighted by Crippen LogP contribution is -2.44. The summed E-state index contributed by atoms with van der Waals surface area (Å²) in [5.74, 6) is -0.947. The summed E-state index contributed by atoms with van der Waals surface area (Å²) in [5.41, 5.74) is 3.29. The molecule has 0 aliphatic carbocycles. The van der Waals surface area contributed by atoms with E-state index in [4.69, 9.17) is 0 Å². The first-order chi connectivity index (χ1) is 14.4. The Hall–Kier alpha value is -2.99. The number of hydrogen-bond acceptors (Lipinski definition) is 4. The molecule has 30 heavy (non-hydrogen) atoms. The molecule has 1 aliphatic rings. The summed E-state index contributed by atoms with van der Waals surface area (Å²) in [6.07, 6.45) is 3.23. The molecule has 2 amide bonds. The molecule has 1 fully saturated rings. The van der Waals surface area contributed by atoms with Crippen LogP contribution in [0.2, 0.25) is 0 Å². The van der Waals surface area contributed by atoms with Crippen LogP contribution in [0.25, 0.3) is 0 Å². The van der Waals surface area contributed by atoms with Crippen molar-refractivity contribution in [1.82, 2.24) is 10.2 Å². The first kappa shape index (κ1) is 21.7. The maximum absolute atomic E-state index is 12.5. The molecule has 1 heterocycles. The number of piperidine rings is 1. The zero-order valence-electron chi connectivity index (χ0n) is 17.6. The maximum atomic E-state index is 12.5. The van der Waals surface area contributed by atoms with Gasteiger partial charge in [-0.2, -0.15) is 0 Å². The zero-order chi connectivity index (χ0) is 21.5. The number of nitrogens with zero attached hydrogens (tertiary/aromatic N) is 1. The van der Waals surface area contributed by atoms with E-state index in [2.05, 4.69) is 46.7 Å². The second-order valence-electron chi connectivity index (χ2n) is 7.91. The number of ketones is 1. The van der Waals surface area contributed by atoms with Gasteiger partial charge in [-0.05, 0) is 55.4 Å². The van der Waals surface area contributed by atoms with Gasteiger partial charge >= 0.3 is 0 Å². The summed E-state index contributed by atoms with van der Waals surface area (Å²) in [5, 5.41) is 5.32. The standard InChI is InChI=1S/C24H29N3O3/c1-17-7-3-4-8-20(17)15-19-11-13-27(14-12-19)16-25-24(30)23(29)21-9-5-6-10-22(21)26-18(2)28/h3-10,19H,11-16H2,1-2H3,(H,25,30)(H,26,28). The number of likely N-dealkylation sites (tertiary alicyclic amines) is 1. The van der Waals surface area contributed by atoms with E-state index >= 15 is 0 Å². The average Bonchev–Trinajstić information content (AvgIpc) is 2.74. The number of anilines is 1. The Kier molecular flexibility index (Phi) is 7.36. The molecule has 0 bridgehead atoms. The monoisotopic (exact) mass is 407 g/mol. The van der Waals surface area contributed by atoms with Crippen LogP contribution in [0, 0.1) is 12.8 Å². The molecule has 2 N–H and O–H groups in total. The number of carbonyl (C=O) groups excluding carboxylic acids is 3. The van der Waals surface area contributed by atoms with Crippen LogP contribution in [0.15, 0.2) is 48.5 Å². The molecule has 0 aromatic heterocycles. The fourth-order valence-electron chi connectivity index (χ4n) is 3.86. The predicted molar refractivity (Wildman–Crippen MR) is 117 cm³/mol. The summed E-state index contributed by atoms with van der Waals surface area (Å²) in [4.78, 5) is 38.4. The largest absolute Gasteiger partial charge is 0.336 e. The molecule has 0 saturated carbocycles. The summed E-state index contributed by atoms with van der Waals surface area (Å²) < 4.78 is 0. The number of Topliss-reactive ketones (excluding diaryl/α,β-unsaturated/α-hetero) is 1.